The molecule has 2 heterocycles. The van der Waals surface area contributed by atoms with Gasteiger partial charge in [0, 0.05) is 23.0 Å². The number of aryl methyl sites for hydroxylation is 1. The molecule has 0 saturated heterocycles. The summed E-state index contributed by atoms with van der Waals surface area (Å²) >= 11 is 2.67. The van der Waals surface area contributed by atoms with Crippen LogP contribution in [0.1, 0.15) is 40.6 Å². The number of halogens is 1. The van der Waals surface area contributed by atoms with E-state index in [1.54, 1.807) is 18.2 Å². The van der Waals surface area contributed by atoms with Crippen LogP contribution in [0.2, 0.25) is 0 Å². The Balaban J connectivity index is 1.39. The van der Waals surface area contributed by atoms with Gasteiger partial charge in [0.1, 0.15) is 5.82 Å². The van der Waals surface area contributed by atoms with E-state index in [9.17, 15) is 9.18 Å². The van der Waals surface area contributed by atoms with E-state index in [1.807, 2.05) is 13.0 Å². The molecule has 0 bridgehead atoms. The maximum atomic E-state index is 13.7. The Morgan fingerprint density at radius 3 is 2.85 bits per heavy atom. The number of Topliss-reactive ketones (excluding diaryl/α,β-unsaturated/α-hetero) is 1. The topological polar surface area (TPSA) is 59.8 Å². The van der Waals surface area contributed by atoms with E-state index >= 15 is 0 Å². The van der Waals surface area contributed by atoms with E-state index in [1.165, 1.54) is 42.0 Å². The van der Waals surface area contributed by atoms with Gasteiger partial charge >= 0.3 is 0 Å². The molecule has 3 aromatic rings. The van der Waals surface area contributed by atoms with Crippen LogP contribution in [0.15, 0.2) is 34.7 Å². The maximum Gasteiger partial charge on any atom is 0.210 e. The minimum Gasteiger partial charge on any atom is -0.345 e. The average Bonchev–Trinajstić information content (AvgIpc) is 3.30. The molecule has 0 radical (unpaired) electrons. The highest BCUT2D eigenvalue weighted by Gasteiger charge is 2.28. The summed E-state index contributed by atoms with van der Waals surface area (Å²) in [5.74, 6) is 0.0606. The van der Waals surface area contributed by atoms with Crippen LogP contribution in [0, 0.1) is 19.7 Å². The molecule has 0 spiro atoms. The number of nitrogens with zero attached hydrogens (tertiary/aromatic N) is 3. The van der Waals surface area contributed by atoms with Crippen molar-refractivity contribution in [1.82, 2.24) is 14.8 Å². The molecule has 8 heteroatoms. The zero-order valence-corrected chi connectivity index (χ0v) is 16.7. The molecule has 0 aliphatic heterocycles. The molecular weight excluding hydrogens is 383 g/mol. The molecule has 0 atom stereocenters. The number of hydrogen-bond acceptors (Lipinski definition) is 6. The number of carbonyl (C=O) groups is 1. The molecule has 2 aromatic heterocycles. The van der Waals surface area contributed by atoms with E-state index < -0.39 is 0 Å². The SMILES string of the molecule is Cc1cc(C(=O)CSc2nnc(Nc3ccccc3F)s2)c(C)n1C1CC1. The standard InChI is InChI=1S/C19H19FN4OS2/c1-11-9-14(12(2)24(11)13-7-8-13)17(25)10-26-19-23-22-18(27-19)21-16-6-4-3-5-15(16)20/h3-6,9,13H,7-8,10H2,1-2H3,(H,21,22). The average molecular weight is 403 g/mol. The molecule has 4 rings (SSSR count). The van der Waals surface area contributed by atoms with Gasteiger partial charge in [-0.15, -0.1) is 10.2 Å². The second-order valence-corrected chi connectivity index (χ2v) is 8.78. The van der Waals surface area contributed by atoms with Crippen molar-refractivity contribution in [2.75, 3.05) is 11.1 Å². The van der Waals surface area contributed by atoms with Crippen LogP contribution >= 0.6 is 23.1 Å². The largest absolute Gasteiger partial charge is 0.345 e. The lowest BCUT2D eigenvalue weighted by molar-refractivity contribution is 0.102. The summed E-state index contributed by atoms with van der Waals surface area (Å²) in [6, 6.07) is 8.96. The Hall–Kier alpha value is -2.19. The molecule has 1 aromatic carbocycles. The fraction of sp³-hybridized carbons (Fsp3) is 0.316. The van der Waals surface area contributed by atoms with Gasteiger partial charge in [0.05, 0.1) is 11.4 Å². The summed E-state index contributed by atoms with van der Waals surface area (Å²) < 4.78 is 16.7. The molecule has 140 valence electrons. The Labute approximate surface area is 165 Å². The van der Waals surface area contributed by atoms with Crippen LogP contribution in [-0.4, -0.2) is 26.3 Å². The smallest absolute Gasteiger partial charge is 0.210 e. The van der Waals surface area contributed by atoms with Gasteiger partial charge < -0.3 is 9.88 Å². The lowest BCUT2D eigenvalue weighted by Crippen LogP contribution is -2.05. The lowest BCUT2D eigenvalue weighted by Gasteiger charge is -2.07. The lowest BCUT2D eigenvalue weighted by atomic mass is 10.2. The third-order valence-corrected chi connectivity index (χ3v) is 6.52. The molecule has 27 heavy (non-hydrogen) atoms. The van der Waals surface area contributed by atoms with Crippen LogP contribution < -0.4 is 5.32 Å². The van der Waals surface area contributed by atoms with Gasteiger partial charge in [-0.2, -0.15) is 0 Å². The van der Waals surface area contributed by atoms with Gasteiger partial charge in [0.2, 0.25) is 5.13 Å². The van der Waals surface area contributed by atoms with Crippen molar-refractivity contribution < 1.29 is 9.18 Å². The Morgan fingerprint density at radius 2 is 2.11 bits per heavy atom. The van der Waals surface area contributed by atoms with Crippen LogP contribution in [0.5, 0.6) is 0 Å². The number of para-hydroxylation sites is 1. The number of ketones is 1. The summed E-state index contributed by atoms with van der Waals surface area (Å²) in [4.78, 5) is 12.6. The van der Waals surface area contributed by atoms with E-state index in [2.05, 4.69) is 27.0 Å². The number of carbonyl (C=O) groups excluding carboxylic acids is 1. The van der Waals surface area contributed by atoms with E-state index in [4.69, 9.17) is 0 Å². The molecule has 1 N–H and O–H groups in total. The first-order valence-corrected chi connectivity index (χ1v) is 10.5. The fourth-order valence-corrected chi connectivity index (χ4v) is 4.80. The van der Waals surface area contributed by atoms with Gasteiger partial charge in [0.25, 0.3) is 0 Å². The number of aromatic nitrogens is 3. The first-order chi connectivity index (χ1) is 13.0. The predicted molar refractivity (Wildman–Crippen MR) is 107 cm³/mol. The molecule has 1 fully saturated rings. The van der Waals surface area contributed by atoms with Crippen molar-refractivity contribution in [3.05, 3.63) is 53.1 Å². The Morgan fingerprint density at radius 1 is 1.33 bits per heavy atom. The van der Waals surface area contributed by atoms with Gasteiger partial charge in [-0.05, 0) is 44.9 Å². The molecule has 1 aliphatic carbocycles. The Kier molecular flexibility index (Phi) is 5.01. The third kappa shape index (κ3) is 3.91. The number of nitrogens with one attached hydrogen (secondary N) is 1. The summed E-state index contributed by atoms with van der Waals surface area (Å²) in [6.45, 7) is 4.07. The van der Waals surface area contributed by atoms with Crippen molar-refractivity contribution >= 4 is 39.7 Å². The molecule has 5 nitrogen and oxygen atoms in total. The quantitative estimate of drug-likeness (QED) is 0.437. The van der Waals surface area contributed by atoms with Gasteiger partial charge in [-0.3, -0.25) is 4.79 Å². The predicted octanol–water partition coefficient (Wildman–Crippen LogP) is 5.15. The van der Waals surface area contributed by atoms with Crippen LogP contribution in [0.25, 0.3) is 0 Å². The highest BCUT2D eigenvalue weighted by molar-refractivity contribution is 8.01. The molecule has 1 saturated carbocycles. The van der Waals surface area contributed by atoms with Crippen molar-refractivity contribution in [3.63, 3.8) is 0 Å². The number of hydrogen-bond donors (Lipinski definition) is 1. The molecule has 1 aliphatic rings. The number of rotatable bonds is 7. The molecular formula is C19H19FN4OS2. The molecule has 0 amide bonds. The van der Waals surface area contributed by atoms with E-state index in [-0.39, 0.29) is 11.6 Å². The Bertz CT molecular complexity index is 994. The number of anilines is 2. The van der Waals surface area contributed by atoms with Crippen LogP contribution in [0.3, 0.4) is 0 Å². The maximum absolute atomic E-state index is 13.7. The summed E-state index contributed by atoms with van der Waals surface area (Å²) in [7, 11) is 0. The zero-order valence-electron chi connectivity index (χ0n) is 15.0. The second-order valence-electron chi connectivity index (χ2n) is 6.58. The minimum atomic E-state index is -0.344. The third-order valence-electron chi connectivity index (χ3n) is 4.55. The number of benzene rings is 1. The fourth-order valence-electron chi connectivity index (χ4n) is 3.16. The van der Waals surface area contributed by atoms with E-state index in [0.717, 1.165) is 17.0 Å². The van der Waals surface area contributed by atoms with Crippen molar-refractivity contribution in [2.45, 2.75) is 37.1 Å². The normalized spacial score (nSPS) is 13.7. The number of thioether (sulfide) groups is 1. The minimum absolute atomic E-state index is 0.0961. The van der Waals surface area contributed by atoms with Crippen molar-refractivity contribution in [3.8, 4) is 0 Å². The first-order valence-electron chi connectivity index (χ1n) is 8.72. The van der Waals surface area contributed by atoms with Gasteiger partial charge in [-0.1, -0.05) is 35.2 Å². The first kappa shape index (κ1) is 18.2. The monoisotopic (exact) mass is 402 g/mol. The second kappa shape index (κ2) is 7.44. The highest BCUT2D eigenvalue weighted by Crippen LogP contribution is 2.38. The summed E-state index contributed by atoms with van der Waals surface area (Å²) in [5, 5.41) is 11.5. The summed E-state index contributed by atoms with van der Waals surface area (Å²) in [5.41, 5.74) is 3.35. The molecule has 0 unspecified atom stereocenters. The van der Waals surface area contributed by atoms with E-state index in [0.29, 0.717) is 27.0 Å². The highest BCUT2D eigenvalue weighted by atomic mass is 32.2. The van der Waals surface area contributed by atoms with Crippen molar-refractivity contribution in [1.29, 1.82) is 0 Å². The summed E-state index contributed by atoms with van der Waals surface area (Å²) in [6.07, 6.45) is 2.39. The van der Waals surface area contributed by atoms with Crippen LogP contribution in [0.4, 0.5) is 15.2 Å². The van der Waals surface area contributed by atoms with Crippen LogP contribution in [-0.2, 0) is 0 Å². The van der Waals surface area contributed by atoms with Gasteiger partial charge in [0.15, 0.2) is 10.1 Å². The van der Waals surface area contributed by atoms with Gasteiger partial charge in [-0.25, -0.2) is 4.39 Å². The zero-order chi connectivity index (χ0) is 19.0. The van der Waals surface area contributed by atoms with Crippen molar-refractivity contribution in [2.24, 2.45) is 0 Å².